The highest BCUT2D eigenvalue weighted by molar-refractivity contribution is 7.18. The third-order valence-electron chi connectivity index (χ3n) is 7.15. The molecule has 1 aromatic carbocycles. The summed E-state index contributed by atoms with van der Waals surface area (Å²) in [5.74, 6) is -2.41. The summed E-state index contributed by atoms with van der Waals surface area (Å²) in [6.45, 7) is 2.77. The van der Waals surface area contributed by atoms with Crippen LogP contribution in [0, 0.1) is 11.8 Å². The largest absolute Gasteiger partial charge is 0.477 e. The fourth-order valence-corrected chi connectivity index (χ4v) is 6.13. The van der Waals surface area contributed by atoms with Crippen LogP contribution < -0.4 is 10.6 Å². The molecule has 2 aromatic rings. The molecule has 2 heterocycles. The van der Waals surface area contributed by atoms with E-state index < -0.39 is 17.8 Å². The van der Waals surface area contributed by atoms with E-state index in [1.165, 1.54) is 16.2 Å². The summed E-state index contributed by atoms with van der Waals surface area (Å²) >= 11 is 1.17. The van der Waals surface area contributed by atoms with Gasteiger partial charge in [-0.2, -0.15) is 0 Å². The van der Waals surface area contributed by atoms with Crippen LogP contribution in [0.1, 0.15) is 55.1 Å². The molecule has 2 aliphatic rings. The monoisotopic (exact) mass is 497 g/mol. The lowest BCUT2D eigenvalue weighted by molar-refractivity contribution is -0.144. The van der Waals surface area contributed by atoms with E-state index in [0.717, 1.165) is 36.1 Å². The maximum Gasteiger partial charge on any atom is 0.348 e. The fraction of sp³-hybridized carbons (Fsp3) is 0.462. The number of hydrogen-bond acceptors (Lipinski definition) is 5. The summed E-state index contributed by atoms with van der Waals surface area (Å²) < 4.78 is 0. The molecule has 8 nitrogen and oxygen atoms in total. The number of amides is 3. The van der Waals surface area contributed by atoms with Gasteiger partial charge in [0.05, 0.1) is 5.69 Å². The highest BCUT2D eigenvalue weighted by Gasteiger charge is 2.38. The van der Waals surface area contributed by atoms with E-state index in [0.29, 0.717) is 24.4 Å². The van der Waals surface area contributed by atoms with Gasteiger partial charge in [-0.05, 0) is 56.1 Å². The van der Waals surface area contributed by atoms with Crippen LogP contribution in [0.2, 0.25) is 0 Å². The second kappa shape index (κ2) is 10.6. The van der Waals surface area contributed by atoms with Crippen molar-refractivity contribution in [2.45, 2.75) is 51.5 Å². The minimum absolute atomic E-state index is 0.0449. The van der Waals surface area contributed by atoms with E-state index in [1.807, 2.05) is 36.4 Å². The number of carboxylic acid groups (broad SMARTS) is 1. The van der Waals surface area contributed by atoms with Crippen molar-refractivity contribution in [1.29, 1.82) is 0 Å². The maximum atomic E-state index is 13.9. The topological polar surface area (TPSA) is 121 Å². The lowest BCUT2D eigenvalue weighted by atomic mass is 9.82. The minimum atomic E-state index is -1.07. The van der Waals surface area contributed by atoms with Crippen molar-refractivity contribution in [1.82, 2.24) is 4.90 Å². The number of primary amides is 1. The molecule has 0 atom stereocenters. The van der Waals surface area contributed by atoms with Gasteiger partial charge in [-0.15, -0.1) is 11.3 Å². The van der Waals surface area contributed by atoms with Crippen LogP contribution in [0.5, 0.6) is 0 Å². The Bertz CT molecular complexity index is 1100. The third kappa shape index (κ3) is 5.40. The number of piperidine rings is 1. The molecule has 1 aliphatic carbocycles. The number of carbonyl (C=O) groups is 4. The molecule has 1 aromatic heterocycles. The molecule has 0 unspecified atom stereocenters. The van der Waals surface area contributed by atoms with E-state index >= 15 is 0 Å². The fourth-order valence-electron chi connectivity index (χ4n) is 5.14. The highest BCUT2D eigenvalue weighted by atomic mass is 32.1. The first-order valence-corrected chi connectivity index (χ1v) is 12.9. The van der Waals surface area contributed by atoms with Crippen molar-refractivity contribution >= 4 is 40.7 Å². The van der Waals surface area contributed by atoms with Crippen LogP contribution in [0.25, 0.3) is 10.4 Å². The zero-order valence-corrected chi connectivity index (χ0v) is 20.6. The number of rotatable bonds is 5. The summed E-state index contributed by atoms with van der Waals surface area (Å²) in [6, 6.07) is 11.1. The van der Waals surface area contributed by atoms with Crippen LogP contribution in [0.15, 0.2) is 36.4 Å². The molecule has 9 heteroatoms. The molecule has 3 N–H and O–H groups in total. The Labute approximate surface area is 208 Å². The number of nitrogens with zero attached hydrogens (tertiary/aromatic N) is 2. The lowest BCUT2D eigenvalue weighted by Gasteiger charge is -2.40. The summed E-state index contributed by atoms with van der Waals surface area (Å²) in [5, 5.41) is 10.0. The molecule has 186 valence electrons. The van der Waals surface area contributed by atoms with Gasteiger partial charge in [0.15, 0.2) is 0 Å². The zero-order chi connectivity index (χ0) is 25.1. The highest BCUT2D eigenvalue weighted by Crippen LogP contribution is 2.41. The first-order valence-electron chi connectivity index (χ1n) is 12.1. The van der Waals surface area contributed by atoms with Crippen molar-refractivity contribution in [3.63, 3.8) is 0 Å². The van der Waals surface area contributed by atoms with Crippen molar-refractivity contribution in [2.24, 2.45) is 17.6 Å². The average Bonchev–Trinajstić information content (AvgIpc) is 3.30. The second-order valence-electron chi connectivity index (χ2n) is 9.55. The molecule has 35 heavy (non-hydrogen) atoms. The van der Waals surface area contributed by atoms with Crippen molar-refractivity contribution in [2.75, 3.05) is 18.0 Å². The van der Waals surface area contributed by atoms with E-state index in [9.17, 15) is 24.3 Å². The van der Waals surface area contributed by atoms with Crippen molar-refractivity contribution in [3.8, 4) is 10.4 Å². The number of likely N-dealkylation sites (tertiary alicyclic amines) is 1. The van der Waals surface area contributed by atoms with Gasteiger partial charge in [-0.25, -0.2) is 4.79 Å². The Kier molecular flexibility index (Phi) is 7.54. The number of carboxylic acids is 1. The Balaban J connectivity index is 1.69. The Morgan fingerprint density at radius 3 is 2.20 bits per heavy atom. The number of benzene rings is 1. The van der Waals surface area contributed by atoms with Gasteiger partial charge in [0.1, 0.15) is 4.88 Å². The van der Waals surface area contributed by atoms with E-state index in [2.05, 4.69) is 6.92 Å². The lowest BCUT2D eigenvalue weighted by Crippen LogP contribution is -2.52. The number of anilines is 1. The van der Waals surface area contributed by atoms with E-state index in [1.54, 1.807) is 4.90 Å². The van der Waals surface area contributed by atoms with Crippen LogP contribution >= 0.6 is 11.3 Å². The molecule has 0 spiro atoms. The predicted octanol–water partition coefficient (Wildman–Crippen LogP) is 3.75. The first-order chi connectivity index (χ1) is 16.8. The predicted molar refractivity (Wildman–Crippen MR) is 134 cm³/mol. The zero-order valence-electron chi connectivity index (χ0n) is 19.8. The minimum Gasteiger partial charge on any atom is -0.477 e. The van der Waals surface area contributed by atoms with Crippen LogP contribution in [-0.2, 0) is 14.4 Å². The number of thiophene rings is 1. The van der Waals surface area contributed by atoms with Gasteiger partial charge in [-0.3, -0.25) is 14.4 Å². The van der Waals surface area contributed by atoms with E-state index in [-0.39, 0.29) is 35.8 Å². The Morgan fingerprint density at radius 2 is 1.63 bits per heavy atom. The Morgan fingerprint density at radius 1 is 1.00 bits per heavy atom. The standard InChI is InChI=1S/C26H31N3O5S/c1-16-7-9-18(10-8-16)24(31)29(19-11-13-28(14-12-19)25(32)23(27)30)20-15-21(35-22(20)26(33)34)17-5-3-2-4-6-17/h2-6,15-16,18-19H,7-14H2,1H3,(H2,27,30)(H,33,34). The second-order valence-corrected chi connectivity index (χ2v) is 10.6. The third-order valence-corrected chi connectivity index (χ3v) is 8.32. The smallest absolute Gasteiger partial charge is 0.348 e. The van der Waals surface area contributed by atoms with Crippen LogP contribution in [-0.4, -0.2) is 52.8 Å². The van der Waals surface area contributed by atoms with Crippen molar-refractivity contribution < 1.29 is 24.3 Å². The quantitative estimate of drug-likeness (QED) is 0.610. The molecular weight excluding hydrogens is 466 g/mol. The SMILES string of the molecule is CC1CCC(C(=O)N(c2cc(-c3ccccc3)sc2C(=O)O)C2CCN(C(=O)C(N)=O)CC2)CC1. The van der Waals surface area contributed by atoms with E-state index in [4.69, 9.17) is 5.73 Å². The Hall–Kier alpha value is -3.20. The molecule has 1 saturated heterocycles. The van der Waals surface area contributed by atoms with Gasteiger partial charge in [-0.1, -0.05) is 37.3 Å². The number of aromatic carboxylic acids is 1. The van der Waals surface area contributed by atoms with Crippen LogP contribution in [0.4, 0.5) is 5.69 Å². The summed E-state index contributed by atoms with van der Waals surface area (Å²) in [5.41, 5.74) is 6.48. The summed E-state index contributed by atoms with van der Waals surface area (Å²) in [7, 11) is 0. The van der Waals surface area contributed by atoms with Gasteiger partial charge in [0.25, 0.3) is 0 Å². The number of hydrogen-bond donors (Lipinski definition) is 2. The van der Waals surface area contributed by atoms with Gasteiger partial charge in [0, 0.05) is 29.9 Å². The van der Waals surface area contributed by atoms with Crippen molar-refractivity contribution in [3.05, 3.63) is 41.3 Å². The van der Waals surface area contributed by atoms with Gasteiger partial charge in [0.2, 0.25) is 5.91 Å². The van der Waals surface area contributed by atoms with Gasteiger partial charge < -0.3 is 20.6 Å². The summed E-state index contributed by atoms with van der Waals surface area (Å²) in [6.07, 6.45) is 4.41. The normalized spacial score (nSPS) is 20.9. The molecule has 0 radical (unpaired) electrons. The molecule has 4 rings (SSSR count). The average molecular weight is 498 g/mol. The van der Waals surface area contributed by atoms with Gasteiger partial charge >= 0.3 is 17.8 Å². The molecule has 1 saturated carbocycles. The maximum absolute atomic E-state index is 13.9. The number of nitrogens with two attached hydrogens (primary N) is 1. The molecule has 0 bridgehead atoms. The molecule has 3 amide bonds. The summed E-state index contributed by atoms with van der Waals surface area (Å²) in [4.78, 5) is 53.6. The molecule has 2 fully saturated rings. The number of carbonyl (C=O) groups excluding carboxylic acids is 3. The first kappa shape index (κ1) is 24.9. The molecular formula is C26H31N3O5S. The van der Waals surface area contributed by atoms with Crippen LogP contribution in [0.3, 0.4) is 0 Å². The molecule has 1 aliphatic heterocycles.